The van der Waals surface area contributed by atoms with Crippen molar-refractivity contribution in [2.24, 2.45) is 5.41 Å². The van der Waals surface area contributed by atoms with Crippen molar-refractivity contribution in [3.05, 3.63) is 30.3 Å². The number of benzene rings is 1. The molecule has 0 radical (unpaired) electrons. The van der Waals surface area contributed by atoms with E-state index in [1.807, 2.05) is 18.2 Å². The van der Waals surface area contributed by atoms with Crippen LogP contribution >= 0.6 is 0 Å². The average Bonchev–Trinajstić information content (AvgIpc) is 2.29. The van der Waals surface area contributed by atoms with Crippen molar-refractivity contribution in [2.75, 3.05) is 5.32 Å². The Kier molecular flexibility index (Phi) is 3.82. The number of hydrogen-bond donors (Lipinski definition) is 1. The molecule has 1 amide bonds. The van der Waals surface area contributed by atoms with E-state index in [2.05, 4.69) is 5.32 Å². The van der Waals surface area contributed by atoms with Crippen LogP contribution in [0.1, 0.15) is 27.2 Å². The normalized spacial score (nSPS) is 10.9. The van der Waals surface area contributed by atoms with E-state index in [0.717, 1.165) is 0 Å². The zero-order valence-corrected chi connectivity index (χ0v) is 9.91. The summed E-state index contributed by atoms with van der Waals surface area (Å²) in [6.07, 6.45) is 0.370. The third-order valence-corrected chi connectivity index (χ3v) is 2.62. The molecule has 1 aromatic carbocycles. The van der Waals surface area contributed by atoms with Crippen LogP contribution < -0.4 is 5.32 Å². The summed E-state index contributed by atoms with van der Waals surface area (Å²) in [4.78, 5) is 23.5. The van der Waals surface area contributed by atoms with Crippen LogP contribution in [0.25, 0.3) is 0 Å². The highest BCUT2D eigenvalue weighted by Crippen LogP contribution is 2.21. The molecule has 0 heterocycles. The Morgan fingerprint density at radius 1 is 1.19 bits per heavy atom. The van der Waals surface area contributed by atoms with Crippen LogP contribution in [0.15, 0.2) is 30.3 Å². The van der Waals surface area contributed by atoms with Crippen LogP contribution in [0.2, 0.25) is 0 Å². The molecule has 86 valence electrons. The Morgan fingerprint density at radius 3 is 2.25 bits per heavy atom. The molecule has 0 aliphatic heterocycles. The molecule has 0 aromatic heterocycles. The monoisotopic (exact) mass is 219 g/mol. The molecule has 1 aromatic rings. The zero-order chi connectivity index (χ0) is 12.2. The highest BCUT2D eigenvalue weighted by atomic mass is 16.2. The van der Waals surface area contributed by atoms with Crippen molar-refractivity contribution in [2.45, 2.75) is 27.2 Å². The number of ketones is 1. The molecule has 16 heavy (non-hydrogen) atoms. The zero-order valence-electron chi connectivity index (χ0n) is 9.91. The molecule has 3 heteroatoms. The molecule has 3 nitrogen and oxygen atoms in total. The SMILES string of the molecule is CCC(=O)C(C)(C)C(=O)Nc1ccccc1. The first-order chi connectivity index (χ1) is 7.48. The average molecular weight is 219 g/mol. The quantitative estimate of drug-likeness (QED) is 0.791. The lowest BCUT2D eigenvalue weighted by atomic mass is 9.85. The first-order valence-electron chi connectivity index (χ1n) is 5.38. The molecule has 0 saturated heterocycles. The number of para-hydroxylation sites is 1. The van der Waals surface area contributed by atoms with Gasteiger partial charge in [-0.2, -0.15) is 0 Å². The molecule has 1 rings (SSSR count). The fraction of sp³-hybridized carbons (Fsp3) is 0.385. The smallest absolute Gasteiger partial charge is 0.237 e. The topological polar surface area (TPSA) is 46.2 Å². The van der Waals surface area contributed by atoms with Gasteiger partial charge in [-0.05, 0) is 26.0 Å². The minimum Gasteiger partial charge on any atom is -0.325 e. The Bertz CT molecular complexity index is 382. The van der Waals surface area contributed by atoms with Crippen molar-refractivity contribution in [1.29, 1.82) is 0 Å². The molecule has 0 unspecified atom stereocenters. The van der Waals surface area contributed by atoms with Crippen LogP contribution in [0, 0.1) is 5.41 Å². The van der Waals surface area contributed by atoms with E-state index in [1.165, 1.54) is 0 Å². The van der Waals surface area contributed by atoms with Gasteiger partial charge in [-0.25, -0.2) is 0 Å². The van der Waals surface area contributed by atoms with Crippen LogP contribution in [0.4, 0.5) is 5.69 Å². The molecular formula is C13H17NO2. The highest BCUT2D eigenvalue weighted by Gasteiger charge is 2.34. The molecule has 1 N–H and O–H groups in total. The highest BCUT2D eigenvalue weighted by molar-refractivity contribution is 6.10. The lowest BCUT2D eigenvalue weighted by molar-refractivity contribution is -0.136. The van der Waals surface area contributed by atoms with Crippen LogP contribution in [0.5, 0.6) is 0 Å². The summed E-state index contributed by atoms with van der Waals surface area (Å²) >= 11 is 0. The maximum atomic E-state index is 11.9. The third-order valence-electron chi connectivity index (χ3n) is 2.62. The molecule has 0 aliphatic carbocycles. The summed E-state index contributed by atoms with van der Waals surface area (Å²) in [5.41, 5.74) is -0.255. The minimum atomic E-state index is -0.968. The van der Waals surface area contributed by atoms with Crippen molar-refractivity contribution in [3.63, 3.8) is 0 Å². The van der Waals surface area contributed by atoms with E-state index in [-0.39, 0.29) is 11.7 Å². The number of nitrogens with one attached hydrogen (secondary N) is 1. The summed E-state index contributed by atoms with van der Waals surface area (Å²) < 4.78 is 0. The number of hydrogen-bond acceptors (Lipinski definition) is 2. The lowest BCUT2D eigenvalue weighted by Crippen LogP contribution is -2.37. The molecule has 0 saturated carbocycles. The number of carbonyl (C=O) groups excluding carboxylic acids is 2. The summed E-state index contributed by atoms with van der Waals surface area (Å²) in [6.45, 7) is 5.06. The van der Waals surface area contributed by atoms with Crippen LogP contribution in [-0.2, 0) is 9.59 Å². The molecule has 0 fully saturated rings. The van der Waals surface area contributed by atoms with Crippen molar-refractivity contribution < 1.29 is 9.59 Å². The van der Waals surface area contributed by atoms with Gasteiger partial charge in [0.2, 0.25) is 5.91 Å². The van der Waals surface area contributed by atoms with Gasteiger partial charge in [0.05, 0.1) is 0 Å². The van der Waals surface area contributed by atoms with E-state index in [9.17, 15) is 9.59 Å². The second-order valence-corrected chi connectivity index (χ2v) is 4.22. The number of anilines is 1. The second-order valence-electron chi connectivity index (χ2n) is 4.22. The van der Waals surface area contributed by atoms with Gasteiger partial charge in [0.1, 0.15) is 11.2 Å². The molecular weight excluding hydrogens is 202 g/mol. The number of carbonyl (C=O) groups is 2. The Labute approximate surface area is 95.9 Å². The van der Waals surface area contributed by atoms with Gasteiger partial charge in [0.15, 0.2) is 0 Å². The Hall–Kier alpha value is -1.64. The summed E-state index contributed by atoms with van der Waals surface area (Å²) in [6, 6.07) is 9.14. The largest absolute Gasteiger partial charge is 0.325 e. The fourth-order valence-electron chi connectivity index (χ4n) is 1.38. The first kappa shape index (κ1) is 12.4. The minimum absolute atomic E-state index is 0.0547. The van der Waals surface area contributed by atoms with Crippen molar-refractivity contribution in [1.82, 2.24) is 0 Å². The Balaban J connectivity index is 2.76. The number of amides is 1. The van der Waals surface area contributed by atoms with E-state index in [0.29, 0.717) is 12.1 Å². The van der Waals surface area contributed by atoms with Gasteiger partial charge < -0.3 is 5.32 Å². The van der Waals surface area contributed by atoms with Gasteiger partial charge in [0.25, 0.3) is 0 Å². The molecule has 0 spiro atoms. The fourth-order valence-corrected chi connectivity index (χ4v) is 1.38. The Morgan fingerprint density at radius 2 is 1.75 bits per heavy atom. The van der Waals surface area contributed by atoms with Gasteiger partial charge in [0, 0.05) is 12.1 Å². The van der Waals surface area contributed by atoms with Gasteiger partial charge in [-0.15, -0.1) is 0 Å². The van der Waals surface area contributed by atoms with E-state index < -0.39 is 5.41 Å². The van der Waals surface area contributed by atoms with E-state index in [4.69, 9.17) is 0 Å². The van der Waals surface area contributed by atoms with E-state index >= 15 is 0 Å². The summed E-state index contributed by atoms with van der Waals surface area (Å²) in [5, 5.41) is 2.74. The first-order valence-corrected chi connectivity index (χ1v) is 5.38. The molecule has 0 atom stereocenters. The maximum absolute atomic E-state index is 11.9. The van der Waals surface area contributed by atoms with Crippen molar-refractivity contribution >= 4 is 17.4 Å². The van der Waals surface area contributed by atoms with Gasteiger partial charge in [-0.1, -0.05) is 25.1 Å². The number of rotatable bonds is 4. The summed E-state index contributed by atoms with van der Waals surface area (Å²) in [5.74, 6) is -0.313. The van der Waals surface area contributed by atoms with E-state index in [1.54, 1.807) is 32.9 Å². The standard InChI is InChI=1S/C13H17NO2/c1-4-11(15)13(2,3)12(16)14-10-8-6-5-7-9-10/h5-9H,4H2,1-3H3,(H,14,16). The maximum Gasteiger partial charge on any atom is 0.237 e. The second kappa shape index (κ2) is 4.92. The third kappa shape index (κ3) is 2.69. The van der Waals surface area contributed by atoms with Crippen LogP contribution in [-0.4, -0.2) is 11.7 Å². The molecule has 0 bridgehead atoms. The van der Waals surface area contributed by atoms with Crippen molar-refractivity contribution in [3.8, 4) is 0 Å². The van der Waals surface area contributed by atoms with Gasteiger partial charge in [-0.3, -0.25) is 9.59 Å². The molecule has 0 aliphatic rings. The number of Topliss-reactive ketones (excluding diaryl/α,β-unsaturated/α-hetero) is 1. The summed E-state index contributed by atoms with van der Waals surface area (Å²) in [7, 11) is 0. The van der Waals surface area contributed by atoms with Crippen LogP contribution in [0.3, 0.4) is 0 Å². The predicted molar refractivity (Wildman–Crippen MR) is 64.2 cm³/mol. The predicted octanol–water partition coefficient (Wildman–Crippen LogP) is 2.63. The van der Waals surface area contributed by atoms with Gasteiger partial charge >= 0.3 is 0 Å². The lowest BCUT2D eigenvalue weighted by Gasteiger charge is -2.21.